The first-order valence-electron chi connectivity index (χ1n) is 7.94. The van der Waals surface area contributed by atoms with Crippen molar-refractivity contribution in [2.45, 2.75) is 12.4 Å². The van der Waals surface area contributed by atoms with Gasteiger partial charge in [-0.05, 0) is 17.7 Å². The van der Waals surface area contributed by atoms with Crippen LogP contribution in [0, 0.1) is 0 Å². The molecule has 9 heteroatoms. The molecule has 1 N–H and O–H groups in total. The van der Waals surface area contributed by atoms with E-state index in [4.69, 9.17) is 0 Å². The van der Waals surface area contributed by atoms with Gasteiger partial charge in [0.25, 0.3) is 0 Å². The van der Waals surface area contributed by atoms with Crippen LogP contribution in [0.1, 0.15) is 5.56 Å². The number of nitrogens with zero attached hydrogens (tertiary/aromatic N) is 5. The third kappa shape index (κ3) is 3.57. The van der Waals surface area contributed by atoms with E-state index in [9.17, 15) is 8.42 Å². The van der Waals surface area contributed by atoms with Crippen LogP contribution < -0.4 is 4.72 Å². The molecule has 4 rings (SSSR count). The van der Waals surface area contributed by atoms with E-state index in [-0.39, 0.29) is 5.75 Å². The lowest BCUT2D eigenvalue weighted by Gasteiger charge is -2.06. The molecule has 26 heavy (non-hydrogen) atoms. The minimum Gasteiger partial charge on any atom is -0.280 e. The first-order chi connectivity index (χ1) is 12.6. The maximum Gasteiger partial charge on any atom is 0.237 e. The Labute approximate surface area is 150 Å². The second-order valence-electron chi connectivity index (χ2n) is 5.83. The molecule has 132 valence electrons. The molecule has 0 aliphatic carbocycles. The van der Waals surface area contributed by atoms with Gasteiger partial charge in [-0.2, -0.15) is 5.10 Å². The van der Waals surface area contributed by atoms with Crippen LogP contribution in [-0.2, 0) is 22.4 Å². The summed E-state index contributed by atoms with van der Waals surface area (Å²) < 4.78 is 30.4. The molecule has 0 aliphatic heterocycles. The number of para-hydroxylation sites is 1. The predicted molar refractivity (Wildman–Crippen MR) is 97.8 cm³/mol. The Kier molecular flexibility index (Phi) is 4.13. The van der Waals surface area contributed by atoms with E-state index < -0.39 is 10.0 Å². The molecular formula is C17H16N6O2S. The molecule has 2 aromatic carbocycles. The van der Waals surface area contributed by atoms with E-state index >= 15 is 0 Å². The molecule has 4 aromatic rings. The van der Waals surface area contributed by atoms with Crippen LogP contribution in [0.3, 0.4) is 0 Å². The molecule has 0 spiro atoms. The molecule has 2 heterocycles. The van der Waals surface area contributed by atoms with Gasteiger partial charge in [0.2, 0.25) is 10.0 Å². The topological polar surface area (TPSA) is 94.7 Å². The van der Waals surface area contributed by atoms with Crippen LogP contribution in [0.2, 0.25) is 0 Å². The molecule has 0 saturated heterocycles. The van der Waals surface area contributed by atoms with Gasteiger partial charge in [-0.1, -0.05) is 47.7 Å². The first-order valence-corrected chi connectivity index (χ1v) is 9.59. The van der Waals surface area contributed by atoms with Crippen LogP contribution in [0.15, 0.2) is 67.0 Å². The van der Waals surface area contributed by atoms with E-state index in [0.717, 1.165) is 16.6 Å². The van der Waals surface area contributed by atoms with E-state index in [1.54, 1.807) is 27.7 Å². The summed E-state index contributed by atoms with van der Waals surface area (Å²) in [5.74, 6) is -0.0905. The van der Waals surface area contributed by atoms with Crippen molar-refractivity contribution in [2.24, 2.45) is 0 Å². The van der Waals surface area contributed by atoms with Crippen molar-refractivity contribution in [1.29, 1.82) is 0 Å². The minimum atomic E-state index is -3.51. The van der Waals surface area contributed by atoms with Crippen molar-refractivity contribution in [3.05, 3.63) is 72.6 Å². The zero-order chi connectivity index (χ0) is 18.0. The van der Waals surface area contributed by atoms with Crippen molar-refractivity contribution >= 4 is 26.7 Å². The number of aromatic nitrogens is 5. The molecule has 0 unspecified atom stereocenters. The maximum atomic E-state index is 12.3. The number of nitrogens with one attached hydrogen (secondary N) is 1. The second-order valence-corrected chi connectivity index (χ2v) is 7.56. The fraction of sp³-hybridized carbons (Fsp3) is 0.118. The number of benzene rings is 2. The Morgan fingerprint density at radius 3 is 2.62 bits per heavy atom. The summed E-state index contributed by atoms with van der Waals surface area (Å²) in [6, 6.07) is 16.6. The van der Waals surface area contributed by atoms with Gasteiger partial charge in [0, 0.05) is 0 Å². The lowest BCUT2D eigenvalue weighted by molar-refractivity contribution is 0.502. The third-order valence-electron chi connectivity index (χ3n) is 3.81. The number of hydrogen-bond donors (Lipinski definition) is 1. The van der Waals surface area contributed by atoms with E-state index in [0.29, 0.717) is 12.4 Å². The van der Waals surface area contributed by atoms with Crippen LogP contribution in [0.5, 0.6) is 0 Å². The summed E-state index contributed by atoms with van der Waals surface area (Å²) in [7, 11) is -3.51. The summed E-state index contributed by atoms with van der Waals surface area (Å²) in [6.45, 7) is 0.334. The fourth-order valence-electron chi connectivity index (χ4n) is 2.66. The maximum absolute atomic E-state index is 12.3. The predicted octanol–water partition coefficient (Wildman–Crippen LogP) is 2.08. The average Bonchev–Trinajstić information content (AvgIpc) is 3.23. The Balaban J connectivity index is 1.48. The molecule has 8 nitrogen and oxygen atoms in total. The van der Waals surface area contributed by atoms with Crippen LogP contribution in [-0.4, -0.2) is 33.2 Å². The first kappa shape index (κ1) is 16.3. The van der Waals surface area contributed by atoms with E-state index in [1.807, 2.05) is 42.5 Å². The number of rotatable bonds is 6. The van der Waals surface area contributed by atoms with Crippen molar-refractivity contribution in [2.75, 3.05) is 4.72 Å². The summed E-state index contributed by atoms with van der Waals surface area (Å²) in [5.41, 5.74) is 2.81. The second kappa shape index (κ2) is 6.60. The van der Waals surface area contributed by atoms with Gasteiger partial charge < -0.3 is 0 Å². The average molecular weight is 368 g/mol. The molecular weight excluding hydrogens is 352 g/mol. The standard InChI is InChI=1S/C17H16N6O2S/c24-26(25,12-14-6-2-1-3-7-14)20-15-10-18-22(11-15)13-23-17-9-5-4-8-16(17)19-21-23/h1-11,20H,12-13H2. The monoisotopic (exact) mass is 368 g/mol. The SMILES string of the molecule is O=S(=O)(Cc1ccccc1)Nc1cnn(Cn2nnc3ccccc32)c1. The molecule has 0 aliphatic rings. The minimum absolute atomic E-state index is 0.0905. The van der Waals surface area contributed by atoms with Crippen molar-refractivity contribution in [3.8, 4) is 0 Å². The summed E-state index contributed by atoms with van der Waals surface area (Å²) in [4.78, 5) is 0. The lowest BCUT2D eigenvalue weighted by atomic mass is 10.2. The highest BCUT2D eigenvalue weighted by Crippen LogP contribution is 2.13. The smallest absolute Gasteiger partial charge is 0.237 e. The van der Waals surface area contributed by atoms with E-state index in [2.05, 4.69) is 20.1 Å². The van der Waals surface area contributed by atoms with Crippen molar-refractivity contribution in [3.63, 3.8) is 0 Å². The summed E-state index contributed by atoms with van der Waals surface area (Å²) in [6.07, 6.45) is 3.10. The van der Waals surface area contributed by atoms with Crippen molar-refractivity contribution in [1.82, 2.24) is 24.8 Å². The Morgan fingerprint density at radius 1 is 1.00 bits per heavy atom. The van der Waals surface area contributed by atoms with Gasteiger partial charge in [-0.25, -0.2) is 17.8 Å². The zero-order valence-electron chi connectivity index (χ0n) is 13.7. The molecule has 0 radical (unpaired) electrons. The van der Waals surface area contributed by atoms with Crippen molar-refractivity contribution < 1.29 is 8.42 Å². The quantitative estimate of drug-likeness (QED) is 0.562. The van der Waals surface area contributed by atoms with E-state index in [1.165, 1.54) is 6.20 Å². The van der Waals surface area contributed by atoms with Gasteiger partial charge >= 0.3 is 0 Å². The molecule has 0 saturated carbocycles. The fourth-order valence-corrected chi connectivity index (χ4v) is 3.83. The summed E-state index contributed by atoms with van der Waals surface area (Å²) in [5, 5.41) is 12.4. The van der Waals surface area contributed by atoms with Crippen LogP contribution >= 0.6 is 0 Å². The van der Waals surface area contributed by atoms with Gasteiger partial charge in [0.1, 0.15) is 12.2 Å². The zero-order valence-corrected chi connectivity index (χ0v) is 14.5. The molecule has 0 amide bonds. The highest BCUT2D eigenvalue weighted by Gasteiger charge is 2.13. The summed E-state index contributed by atoms with van der Waals surface area (Å²) >= 11 is 0. The molecule has 0 fully saturated rings. The van der Waals surface area contributed by atoms with Gasteiger partial charge in [0.15, 0.2) is 0 Å². The molecule has 0 atom stereocenters. The van der Waals surface area contributed by atoms with Gasteiger partial charge in [-0.15, -0.1) is 5.10 Å². The number of anilines is 1. The molecule has 0 bridgehead atoms. The molecule has 2 aromatic heterocycles. The number of sulfonamides is 1. The van der Waals surface area contributed by atoms with Crippen LogP contribution in [0.4, 0.5) is 5.69 Å². The largest absolute Gasteiger partial charge is 0.280 e. The van der Waals surface area contributed by atoms with Gasteiger partial charge in [-0.3, -0.25) is 4.72 Å². The number of fused-ring (bicyclic) bond motifs is 1. The van der Waals surface area contributed by atoms with Crippen LogP contribution in [0.25, 0.3) is 11.0 Å². The Bertz CT molecular complexity index is 1130. The Hall–Kier alpha value is -3.20. The number of hydrogen-bond acceptors (Lipinski definition) is 5. The highest BCUT2D eigenvalue weighted by molar-refractivity contribution is 7.91. The van der Waals surface area contributed by atoms with Gasteiger partial charge in [0.05, 0.1) is 29.4 Å². The lowest BCUT2D eigenvalue weighted by Crippen LogP contribution is -2.15. The third-order valence-corrected chi connectivity index (χ3v) is 5.07. The normalized spacial score (nSPS) is 11.7. The highest BCUT2D eigenvalue weighted by atomic mass is 32.2. The Morgan fingerprint density at radius 2 is 1.77 bits per heavy atom.